The number of urea groups is 1. The normalized spacial score (nSPS) is 12.3. The van der Waals surface area contributed by atoms with Crippen LogP contribution in [-0.2, 0) is 17.6 Å². The lowest BCUT2D eigenvalue weighted by molar-refractivity contribution is -0.148. The number of thiophene rings is 1. The predicted octanol–water partition coefficient (Wildman–Crippen LogP) is 3.44. The number of carbonyl (C=O) groups excluding carboxylic acids is 2. The molecule has 0 bridgehead atoms. The highest BCUT2D eigenvalue weighted by Crippen LogP contribution is 2.24. The van der Waals surface area contributed by atoms with Gasteiger partial charge in [-0.15, -0.1) is 11.3 Å². The number of aliphatic hydroxyl groups is 1. The van der Waals surface area contributed by atoms with Gasteiger partial charge in [0.2, 0.25) is 0 Å². The van der Waals surface area contributed by atoms with Gasteiger partial charge in [-0.1, -0.05) is 43.3 Å². The standard InChI is InChI=1S/C25H25N3O7S/c1-2-15-8-9-16(13-18(15)28-25(35)27-17-10-11-36-21(17)24(33)34)22(30)26-19(20(29)23(31)32)12-14-6-4-3-5-7-14/h3-11,13,19-20,29H,2,12H2,1H3,(H,26,30)(H,31,32)(H,33,34)(H2,27,28,35). The number of anilines is 2. The van der Waals surface area contributed by atoms with E-state index < -0.39 is 36.0 Å². The zero-order valence-electron chi connectivity index (χ0n) is 19.2. The predicted molar refractivity (Wildman–Crippen MR) is 135 cm³/mol. The van der Waals surface area contributed by atoms with Crippen LogP contribution in [0, 0.1) is 0 Å². The van der Waals surface area contributed by atoms with E-state index >= 15 is 0 Å². The third-order valence-corrected chi connectivity index (χ3v) is 6.26. The number of aromatic carboxylic acids is 1. The second kappa shape index (κ2) is 12.0. The summed E-state index contributed by atoms with van der Waals surface area (Å²) in [5.74, 6) is -3.26. The first kappa shape index (κ1) is 26.4. The van der Waals surface area contributed by atoms with E-state index in [9.17, 15) is 34.5 Å². The van der Waals surface area contributed by atoms with Crippen LogP contribution in [0.15, 0.2) is 60.0 Å². The summed E-state index contributed by atoms with van der Waals surface area (Å²) >= 11 is 0.973. The Morgan fingerprint density at radius 1 is 0.944 bits per heavy atom. The summed E-state index contributed by atoms with van der Waals surface area (Å²) in [7, 11) is 0. The number of carbonyl (C=O) groups is 4. The lowest BCUT2D eigenvalue weighted by atomic mass is 10.00. The zero-order valence-corrected chi connectivity index (χ0v) is 20.0. The first-order valence-electron chi connectivity index (χ1n) is 11.0. The molecule has 3 aromatic rings. The molecule has 10 nitrogen and oxygen atoms in total. The van der Waals surface area contributed by atoms with Gasteiger partial charge in [-0.25, -0.2) is 14.4 Å². The molecule has 11 heteroatoms. The van der Waals surface area contributed by atoms with Crippen LogP contribution in [-0.4, -0.2) is 51.3 Å². The van der Waals surface area contributed by atoms with Gasteiger partial charge in [0.1, 0.15) is 4.88 Å². The molecule has 2 atom stereocenters. The van der Waals surface area contributed by atoms with Crippen molar-refractivity contribution < 1.29 is 34.5 Å². The second-order valence-corrected chi connectivity index (χ2v) is 8.74. The Labute approximate surface area is 210 Å². The summed E-state index contributed by atoms with van der Waals surface area (Å²) in [6, 6.07) is 13.1. The fourth-order valence-corrected chi connectivity index (χ4v) is 4.21. The molecule has 3 amide bonds. The number of rotatable bonds is 10. The molecule has 0 saturated heterocycles. The van der Waals surface area contributed by atoms with Crippen molar-refractivity contribution in [1.29, 1.82) is 0 Å². The van der Waals surface area contributed by atoms with Crippen molar-refractivity contribution in [2.75, 3.05) is 10.6 Å². The maximum atomic E-state index is 13.0. The molecule has 1 heterocycles. The third kappa shape index (κ3) is 6.68. The first-order valence-corrected chi connectivity index (χ1v) is 11.8. The Hall–Kier alpha value is -4.22. The Morgan fingerprint density at radius 3 is 2.28 bits per heavy atom. The number of carboxylic acid groups (broad SMARTS) is 2. The molecule has 0 radical (unpaired) electrons. The summed E-state index contributed by atoms with van der Waals surface area (Å²) in [4.78, 5) is 48.2. The smallest absolute Gasteiger partial charge is 0.348 e. The third-order valence-electron chi connectivity index (χ3n) is 5.36. The van der Waals surface area contributed by atoms with E-state index in [0.29, 0.717) is 12.1 Å². The van der Waals surface area contributed by atoms with Gasteiger partial charge in [-0.3, -0.25) is 4.79 Å². The van der Waals surface area contributed by atoms with Crippen LogP contribution < -0.4 is 16.0 Å². The molecule has 0 fully saturated rings. The van der Waals surface area contributed by atoms with Crippen LogP contribution in [0.4, 0.5) is 16.2 Å². The fourth-order valence-electron chi connectivity index (χ4n) is 3.53. The van der Waals surface area contributed by atoms with E-state index in [-0.39, 0.29) is 22.5 Å². The minimum atomic E-state index is -1.83. The molecule has 188 valence electrons. The number of hydrogen-bond donors (Lipinski definition) is 6. The second-order valence-electron chi connectivity index (χ2n) is 7.83. The molecule has 2 unspecified atom stereocenters. The minimum absolute atomic E-state index is 0.0181. The van der Waals surface area contributed by atoms with Crippen molar-refractivity contribution >= 4 is 46.6 Å². The summed E-state index contributed by atoms with van der Waals surface area (Å²) in [6.45, 7) is 1.86. The quantitative estimate of drug-likeness (QED) is 0.243. The van der Waals surface area contributed by atoms with Crippen molar-refractivity contribution in [3.8, 4) is 0 Å². The van der Waals surface area contributed by atoms with Crippen molar-refractivity contribution in [2.24, 2.45) is 0 Å². The lowest BCUT2D eigenvalue weighted by Gasteiger charge is -2.22. The molecule has 0 spiro atoms. The largest absolute Gasteiger partial charge is 0.479 e. The Morgan fingerprint density at radius 2 is 1.64 bits per heavy atom. The van der Waals surface area contributed by atoms with E-state index in [1.807, 2.05) is 6.92 Å². The maximum Gasteiger partial charge on any atom is 0.348 e. The number of carboxylic acids is 2. The summed E-state index contributed by atoms with van der Waals surface area (Å²) in [5, 5.41) is 37.9. The van der Waals surface area contributed by atoms with Crippen LogP contribution in [0.5, 0.6) is 0 Å². The summed E-state index contributed by atoms with van der Waals surface area (Å²) in [5.41, 5.74) is 2.06. The van der Waals surface area contributed by atoms with Gasteiger partial charge >= 0.3 is 18.0 Å². The van der Waals surface area contributed by atoms with E-state index in [2.05, 4.69) is 16.0 Å². The molecule has 0 aliphatic rings. The SMILES string of the molecule is CCc1ccc(C(=O)NC(Cc2ccccc2)C(O)C(=O)O)cc1NC(=O)Nc1ccsc1C(=O)O. The molecule has 0 aliphatic carbocycles. The molecular formula is C25H25N3O7S. The van der Waals surface area contributed by atoms with Gasteiger partial charge in [0.15, 0.2) is 6.10 Å². The van der Waals surface area contributed by atoms with Crippen molar-refractivity contribution in [1.82, 2.24) is 5.32 Å². The highest BCUT2D eigenvalue weighted by Gasteiger charge is 2.28. The summed E-state index contributed by atoms with van der Waals surface area (Å²) in [6.07, 6.45) is -1.21. The number of benzene rings is 2. The highest BCUT2D eigenvalue weighted by molar-refractivity contribution is 7.12. The number of aliphatic hydroxyl groups excluding tert-OH is 1. The van der Waals surface area contributed by atoms with Crippen molar-refractivity contribution in [3.63, 3.8) is 0 Å². The number of hydrogen-bond acceptors (Lipinski definition) is 6. The lowest BCUT2D eigenvalue weighted by Crippen LogP contribution is -2.48. The number of amides is 3. The first-order chi connectivity index (χ1) is 17.2. The van der Waals surface area contributed by atoms with Crippen LogP contribution in [0.25, 0.3) is 0 Å². The van der Waals surface area contributed by atoms with E-state index in [0.717, 1.165) is 22.5 Å². The monoisotopic (exact) mass is 511 g/mol. The molecule has 0 saturated carbocycles. The number of aliphatic carboxylic acids is 1. The van der Waals surface area contributed by atoms with Crippen LogP contribution in [0.2, 0.25) is 0 Å². The van der Waals surface area contributed by atoms with E-state index in [1.165, 1.54) is 18.2 Å². The van der Waals surface area contributed by atoms with Gasteiger partial charge in [-0.2, -0.15) is 0 Å². The van der Waals surface area contributed by atoms with Gasteiger partial charge in [0.05, 0.1) is 11.7 Å². The number of nitrogens with one attached hydrogen (secondary N) is 3. The Kier molecular flexibility index (Phi) is 8.76. The molecule has 6 N–H and O–H groups in total. The van der Waals surface area contributed by atoms with Gasteiger partial charge in [-0.05, 0) is 47.5 Å². The molecule has 1 aromatic heterocycles. The van der Waals surface area contributed by atoms with Gasteiger partial charge in [0.25, 0.3) is 5.91 Å². The molecule has 0 aliphatic heterocycles. The topological polar surface area (TPSA) is 165 Å². The van der Waals surface area contributed by atoms with Crippen LogP contribution >= 0.6 is 11.3 Å². The average Bonchev–Trinajstić information content (AvgIpc) is 3.32. The molecular weight excluding hydrogens is 486 g/mol. The average molecular weight is 512 g/mol. The molecule has 36 heavy (non-hydrogen) atoms. The van der Waals surface area contributed by atoms with Crippen molar-refractivity contribution in [2.45, 2.75) is 31.9 Å². The van der Waals surface area contributed by atoms with Crippen LogP contribution in [0.1, 0.15) is 38.1 Å². The minimum Gasteiger partial charge on any atom is -0.479 e. The van der Waals surface area contributed by atoms with E-state index in [4.69, 9.17) is 0 Å². The Bertz CT molecular complexity index is 1260. The van der Waals surface area contributed by atoms with E-state index in [1.54, 1.807) is 41.8 Å². The van der Waals surface area contributed by atoms with Gasteiger partial charge in [0, 0.05) is 11.3 Å². The molecule has 2 aromatic carbocycles. The maximum absolute atomic E-state index is 13.0. The van der Waals surface area contributed by atoms with Gasteiger partial charge < -0.3 is 31.3 Å². The summed E-state index contributed by atoms with van der Waals surface area (Å²) < 4.78 is 0. The number of aryl methyl sites for hydroxylation is 1. The zero-order chi connectivity index (χ0) is 26.2. The Balaban J connectivity index is 1.78. The van der Waals surface area contributed by atoms with Crippen molar-refractivity contribution in [3.05, 3.63) is 81.5 Å². The highest BCUT2D eigenvalue weighted by atomic mass is 32.1. The molecule has 3 rings (SSSR count). The fraction of sp³-hybridized carbons (Fsp3) is 0.200. The van der Waals surface area contributed by atoms with Crippen LogP contribution in [0.3, 0.4) is 0 Å².